The number of carbonyl (C=O) groups excluding carboxylic acids is 2. The van der Waals surface area contributed by atoms with Gasteiger partial charge in [0.15, 0.2) is 5.78 Å². The Balaban J connectivity index is 0.00000200. The molecule has 1 atom stereocenters. The third kappa shape index (κ3) is 4.59. The second-order valence-electron chi connectivity index (χ2n) is 4.97. The van der Waals surface area contributed by atoms with Crippen LogP contribution in [0, 0.1) is 0 Å². The molecule has 3 N–H and O–H groups in total. The van der Waals surface area contributed by atoms with Crippen molar-refractivity contribution in [1.82, 2.24) is 4.90 Å². The maximum Gasteiger partial charge on any atom is 0.238 e. The molecule has 1 saturated heterocycles. The smallest absolute Gasteiger partial charge is 0.238 e. The van der Waals surface area contributed by atoms with E-state index in [1.807, 2.05) is 4.90 Å². The highest BCUT2D eigenvalue weighted by atomic mass is 35.5. The predicted molar refractivity (Wildman–Crippen MR) is 81.4 cm³/mol. The van der Waals surface area contributed by atoms with Crippen LogP contribution in [0.2, 0.25) is 0 Å². The van der Waals surface area contributed by atoms with E-state index in [-0.39, 0.29) is 30.1 Å². The van der Waals surface area contributed by atoms with Crippen LogP contribution in [-0.2, 0) is 4.79 Å². The zero-order valence-electron chi connectivity index (χ0n) is 11.5. The standard InChI is InChI=1S/C14H19N3O2.ClH/c1-10(18)11-3-2-4-13(7-11)16-14(19)9-17-6-5-12(15)8-17;/h2-4,7,12H,5-6,8-9,15H2,1H3,(H,16,19);1H/t12-;/m1./s1. The maximum absolute atomic E-state index is 11.9. The molecule has 1 aliphatic heterocycles. The van der Waals surface area contributed by atoms with E-state index in [0.29, 0.717) is 17.8 Å². The van der Waals surface area contributed by atoms with Gasteiger partial charge in [-0.1, -0.05) is 12.1 Å². The van der Waals surface area contributed by atoms with Gasteiger partial charge in [0, 0.05) is 30.4 Å². The number of carbonyl (C=O) groups is 2. The molecule has 0 saturated carbocycles. The van der Waals surface area contributed by atoms with Crippen LogP contribution in [0.3, 0.4) is 0 Å². The van der Waals surface area contributed by atoms with Gasteiger partial charge in [0.25, 0.3) is 0 Å². The van der Waals surface area contributed by atoms with Gasteiger partial charge in [-0.05, 0) is 25.5 Å². The number of rotatable bonds is 4. The van der Waals surface area contributed by atoms with Gasteiger partial charge >= 0.3 is 0 Å². The quantitative estimate of drug-likeness (QED) is 0.821. The van der Waals surface area contributed by atoms with E-state index in [9.17, 15) is 9.59 Å². The van der Waals surface area contributed by atoms with E-state index < -0.39 is 0 Å². The normalized spacial score (nSPS) is 18.4. The van der Waals surface area contributed by atoms with Gasteiger partial charge in [-0.15, -0.1) is 12.4 Å². The first-order chi connectivity index (χ1) is 9.04. The fourth-order valence-corrected chi connectivity index (χ4v) is 2.23. The van der Waals surface area contributed by atoms with Crippen LogP contribution in [0.25, 0.3) is 0 Å². The van der Waals surface area contributed by atoms with Crippen LogP contribution < -0.4 is 11.1 Å². The molecule has 1 aromatic rings. The first-order valence-electron chi connectivity index (χ1n) is 6.43. The topological polar surface area (TPSA) is 75.4 Å². The van der Waals surface area contributed by atoms with Crippen molar-refractivity contribution in [2.45, 2.75) is 19.4 Å². The minimum absolute atomic E-state index is 0. The average Bonchev–Trinajstić information content (AvgIpc) is 2.74. The molecular weight excluding hydrogens is 278 g/mol. The van der Waals surface area contributed by atoms with E-state index in [4.69, 9.17) is 5.73 Å². The van der Waals surface area contributed by atoms with Gasteiger partial charge < -0.3 is 11.1 Å². The van der Waals surface area contributed by atoms with Gasteiger partial charge in [0.05, 0.1) is 6.54 Å². The number of nitrogens with two attached hydrogens (primary N) is 1. The van der Waals surface area contributed by atoms with Crippen LogP contribution in [0.15, 0.2) is 24.3 Å². The Hall–Kier alpha value is -1.43. The van der Waals surface area contributed by atoms with Crippen LogP contribution >= 0.6 is 12.4 Å². The number of ketones is 1. The maximum atomic E-state index is 11.9. The first-order valence-corrected chi connectivity index (χ1v) is 6.43. The molecule has 5 nitrogen and oxygen atoms in total. The van der Waals surface area contributed by atoms with Crippen molar-refractivity contribution < 1.29 is 9.59 Å². The van der Waals surface area contributed by atoms with Crippen molar-refractivity contribution in [3.05, 3.63) is 29.8 Å². The second-order valence-corrected chi connectivity index (χ2v) is 4.97. The van der Waals surface area contributed by atoms with E-state index in [1.165, 1.54) is 6.92 Å². The second kappa shape index (κ2) is 7.38. The van der Waals surface area contributed by atoms with E-state index in [0.717, 1.165) is 19.5 Å². The van der Waals surface area contributed by atoms with Crippen LogP contribution in [0.4, 0.5) is 5.69 Å². The highest BCUT2D eigenvalue weighted by Crippen LogP contribution is 2.12. The Morgan fingerprint density at radius 3 is 2.80 bits per heavy atom. The number of benzene rings is 1. The summed E-state index contributed by atoms with van der Waals surface area (Å²) in [7, 11) is 0. The molecule has 1 aliphatic rings. The molecule has 6 heteroatoms. The Bertz CT molecular complexity index is 493. The summed E-state index contributed by atoms with van der Waals surface area (Å²) in [6.07, 6.45) is 0.938. The lowest BCUT2D eigenvalue weighted by molar-refractivity contribution is -0.117. The first kappa shape index (κ1) is 16.6. The lowest BCUT2D eigenvalue weighted by Crippen LogP contribution is -2.33. The molecule has 2 rings (SSSR count). The van der Waals surface area contributed by atoms with Gasteiger partial charge in [0.2, 0.25) is 5.91 Å². The van der Waals surface area contributed by atoms with Gasteiger partial charge in [-0.3, -0.25) is 14.5 Å². The van der Waals surface area contributed by atoms with Crippen molar-refractivity contribution >= 4 is 29.8 Å². The van der Waals surface area contributed by atoms with Gasteiger partial charge in [-0.2, -0.15) is 0 Å². The molecule has 1 amide bonds. The largest absolute Gasteiger partial charge is 0.326 e. The van der Waals surface area contributed by atoms with Crippen molar-refractivity contribution in [2.24, 2.45) is 5.73 Å². The summed E-state index contributed by atoms with van der Waals surface area (Å²) in [5.74, 6) is -0.0867. The molecule has 1 heterocycles. The molecule has 1 fully saturated rings. The van der Waals surface area contributed by atoms with Crippen LogP contribution in [0.5, 0.6) is 0 Å². The van der Waals surface area contributed by atoms with Crippen molar-refractivity contribution in [2.75, 3.05) is 25.0 Å². The highest BCUT2D eigenvalue weighted by molar-refractivity contribution is 5.97. The fourth-order valence-electron chi connectivity index (χ4n) is 2.23. The van der Waals surface area contributed by atoms with E-state index in [1.54, 1.807) is 24.3 Å². The number of halogens is 1. The SMILES string of the molecule is CC(=O)c1cccc(NC(=O)CN2CC[C@@H](N)C2)c1.Cl. The number of nitrogens with one attached hydrogen (secondary N) is 1. The fraction of sp³-hybridized carbons (Fsp3) is 0.429. The van der Waals surface area contributed by atoms with Crippen molar-refractivity contribution in [3.63, 3.8) is 0 Å². The molecule has 20 heavy (non-hydrogen) atoms. The van der Waals surface area contributed by atoms with Gasteiger partial charge in [0.1, 0.15) is 0 Å². The number of amides is 1. The average molecular weight is 298 g/mol. The number of anilines is 1. The minimum atomic E-state index is -0.0743. The zero-order valence-corrected chi connectivity index (χ0v) is 12.3. The molecule has 1 aromatic carbocycles. The molecule has 110 valence electrons. The van der Waals surface area contributed by atoms with Crippen LogP contribution in [0.1, 0.15) is 23.7 Å². The Morgan fingerprint density at radius 1 is 1.45 bits per heavy atom. The molecule has 0 aromatic heterocycles. The van der Waals surface area contributed by atoms with E-state index in [2.05, 4.69) is 5.32 Å². The Labute approximate surface area is 124 Å². The van der Waals surface area contributed by atoms with Crippen LogP contribution in [-0.4, -0.2) is 42.3 Å². The number of nitrogens with zero attached hydrogens (tertiary/aromatic N) is 1. The third-order valence-corrected chi connectivity index (χ3v) is 3.23. The summed E-state index contributed by atoms with van der Waals surface area (Å²) >= 11 is 0. The lowest BCUT2D eigenvalue weighted by atomic mass is 10.1. The lowest BCUT2D eigenvalue weighted by Gasteiger charge is -2.14. The Kier molecular flexibility index (Phi) is 6.13. The number of hydrogen-bond acceptors (Lipinski definition) is 4. The highest BCUT2D eigenvalue weighted by Gasteiger charge is 2.20. The van der Waals surface area contributed by atoms with Crippen molar-refractivity contribution in [1.29, 1.82) is 0 Å². The monoisotopic (exact) mass is 297 g/mol. The minimum Gasteiger partial charge on any atom is -0.326 e. The van der Waals surface area contributed by atoms with Crippen molar-refractivity contribution in [3.8, 4) is 0 Å². The molecular formula is C14H20ClN3O2. The summed E-state index contributed by atoms with van der Waals surface area (Å²) in [6, 6.07) is 7.14. The summed E-state index contributed by atoms with van der Waals surface area (Å²) in [5, 5.41) is 2.81. The number of Topliss-reactive ketones (excluding diaryl/α,β-unsaturated/α-hetero) is 1. The summed E-state index contributed by atoms with van der Waals surface area (Å²) in [5.41, 5.74) is 7.05. The molecule has 0 radical (unpaired) electrons. The number of hydrogen-bond donors (Lipinski definition) is 2. The van der Waals surface area contributed by atoms with Gasteiger partial charge in [-0.25, -0.2) is 0 Å². The Morgan fingerprint density at radius 2 is 2.20 bits per heavy atom. The molecule has 0 spiro atoms. The third-order valence-electron chi connectivity index (χ3n) is 3.23. The van der Waals surface area contributed by atoms with E-state index >= 15 is 0 Å². The number of likely N-dealkylation sites (tertiary alicyclic amines) is 1. The predicted octanol–water partition coefficient (Wildman–Crippen LogP) is 1.28. The summed E-state index contributed by atoms with van der Waals surface area (Å²) in [6.45, 7) is 3.48. The zero-order chi connectivity index (χ0) is 13.8. The summed E-state index contributed by atoms with van der Waals surface area (Å²) < 4.78 is 0. The molecule has 0 bridgehead atoms. The molecule has 0 unspecified atom stereocenters. The molecule has 0 aliphatic carbocycles. The summed E-state index contributed by atoms with van der Waals surface area (Å²) in [4.78, 5) is 25.2.